The maximum absolute atomic E-state index is 11.0. The Morgan fingerprint density at radius 1 is 1.47 bits per heavy atom. The zero-order valence-electron chi connectivity index (χ0n) is 10.7. The van der Waals surface area contributed by atoms with Crippen LogP contribution in [0.3, 0.4) is 0 Å². The summed E-state index contributed by atoms with van der Waals surface area (Å²) in [6, 6.07) is 3.78. The summed E-state index contributed by atoms with van der Waals surface area (Å²) in [5.41, 5.74) is 5.96. The molecule has 1 aliphatic carbocycles. The number of aliphatic hydroxyl groups is 1. The Morgan fingerprint density at radius 2 is 2.24 bits per heavy atom. The highest BCUT2D eigenvalue weighted by atomic mass is 16.3. The van der Waals surface area contributed by atoms with E-state index in [4.69, 9.17) is 5.73 Å². The van der Waals surface area contributed by atoms with E-state index in [1.807, 2.05) is 12.1 Å². The van der Waals surface area contributed by atoms with Crippen molar-refractivity contribution in [1.29, 1.82) is 0 Å². The number of rotatable bonds is 2. The van der Waals surface area contributed by atoms with E-state index in [1.165, 1.54) is 6.42 Å². The standard InChI is InChI=1S/C14H22N2O/c1-10(2)11-6-3-4-8-14(11,17)12-7-5-9-16-13(12)15/h5,7,9-11,17H,3-4,6,8H2,1-2H3,(H2,15,16). The summed E-state index contributed by atoms with van der Waals surface area (Å²) < 4.78 is 0. The van der Waals surface area contributed by atoms with Gasteiger partial charge in [0.2, 0.25) is 0 Å². The molecule has 2 rings (SSSR count). The van der Waals surface area contributed by atoms with E-state index in [1.54, 1.807) is 6.20 Å². The summed E-state index contributed by atoms with van der Waals surface area (Å²) in [6.07, 6.45) is 5.81. The average Bonchev–Trinajstić information content (AvgIpc) is 2.29. The van der Waals surface area contributed by atoms with Gasteiger partial charge in [-0.05, 0) is 30.7 Å². The van der Waals surface area contributed by atoms with Crippen molar-refractivity contribution in [3.05, 3.63) is 23.9 Å². The highest BCUT2D eigenvalue weighted by molar-refractivity contribution is 5.43. The number of hydrogen-bond acceptors (Lipinski definition) is 3. The monoisotopic (exact) mass is 234 g/mol. The maximum atomic E-state index is 11.0. The first-order valence-corrected chi connectivity index (χ1v) is 6.49. The molecule has 2 atom stereocenters. The van der Waals surface area contributed by atoms with Crippen LogP contribution < -0.4 is 5.73 Å². The smallest absolute Gasteiger partial charge is 0.129 e. The van der Waals surface area contributed by atoms with Crippen LogP contribution in [0.15, 0.2) is 18.3 Å². The van der Waals surface area contributed by atoms with Crippen LogP contribution in [0.2, 0.25) is 0 Å². The molecule has 0 amide bonds. The minimum atomic E-state index is -0.787. The summed E-state index contributed by atoms with van der Waals surface area (Å²) in [7, 11) is 0. The van der Waals surface area contributed by atoms with Crippen molar-refractivity contribution >= 4 is 5.82 Å². The lowest BCUT2D eigenvalue weighted by atomic mass is 9.67. The van der Waals surface area contributed by atoms with Gasteiger partial charge >= 0.3 is 0 Å². The molecular formula is C14H22N2O. The Kier molecular flexibility index (Phi) is 3.38. The van der Waals surface area contributed by atoms with Crippen molar-refractivity contribution in [3.63, 3.8) is 0 Å². The van der Waals surface area contributed by atoms with E-state index in [9.17, 15) is 5.11 Å². The highest BCUT2D eigenvalue weighted by Crippen LogP contribution is 2.46. The molecule has 1 aromatic rings. The molecule has 0 radical (unpaired) electrons. The first-order chi connectivity index (χ1) is 8.05. The van der Waals surface area contributed by atoms with Crippen LogP contribution in [0.1, 0.15) is 45.1 Å². The third-order valence-corrected chi connectivity index (χ3v) is 4.05. The van der Waals surface area contributed by atoms with Crippen LogP contribution in [0.25, 0.3) is 0 Å². The van der Waals surface area contributed by atoms with E-state index in [0.29, 0.717) is 11.7 Å². The Balaban J connectivity index is 2.41. The lowest BCUT2D eigenvalue weighted by Gasteiger charge is -2.43. The molecule has 0 aromatic carbocycles. The number of hydrogen-bond donors (Lipinski definition) is 2. The second kappa shape index (κ2) is 4.65. The quantitative estimate of drug-likeness (QED) is 0.827. The van der Waals surface area contributed by atoms with Crippen LogP contribution in [-0.2, 0) is 5.60 Å². The van der Waals surface area contributed by atoms with Gasteiger partial charge in [-0.2, -0.15) is 0 Å². The molecule has 1 fully saturated rings. The third-order valence-electron chi connectivity index (χ3n) is 4.05. The molecule has 0 spiro atoms. The Morgan fingerprint density at radius 3 is 2.88 bits per heavy atom. The van der Waals surface area contributed by atoms with E-state index in [-0.39, 0.29) is 5.92 Å². The minimum Gasteiger partial charge on any atom is -0.385 e. The van der Waals surface area contributed by atoms with Gasteiger partial charge in [0.25, 0.3) is 0 Å². The molecule has 3 N–H and O–H groups in total. The first kappa shape index (κ1) is 12.4. The number of nitrogens with two attached hydrogens (primary N) is 1. The normalized spacial score (nSPS) is 29.5. The van der Waals surface area contributed by atoms with Crippen molar-refractivity contribution in [1.82, 2.24) is 4.98 Å². The van der Waals surface area contributed by atoms with Crippen LogP contribution in [-0.4, -0.2) is 10.1 Å². The van der Waals surface area contributed by atoms with Crippen LogP contribution in [0.5, 0.6) is 0 Å². The molecule has 1 saturated carbocycles. The third kappa shape index (κ3) is 2.16. The summed E-state index contributed by atoms with van der Waals surface area (Å²) in [5.74, 6) is 1.21. The summed E-state index contributed by atoms with van der Waals surface area (Å²) in [6.45, 7) is 4.35. The molecular weight excluding hydrogens is 212 g/mol. The summed E-state index contributed by atoms with van der Waals surface area (Å²) >= 11 is 0. The fourth-order valence-corrected chi connectivity index (χ4v) is 3.19. The van der Waals surface area contributed by atoms with Crippen molar-refractivity contribution in [2.75, 3.05) is 5.73 Å². The topological polar surface area (TPSA) is 59.1 Å². The highest BCUT2D eigenvalue weighted by Gasteiger charge is 2.43. The molecule has 2 unspecified atom stereocenters. The Labute approximate surface area is 103 Å². The predicted octanol–water partition coefficient (Wildman–Crippen LogP) is 2.70. The van der Waals surface area contributed by atoms with Gasteiger partial charge < -0.3 is 10.8 Å². The molecule has 17 heavy (non-hydrogen) atoms. The molecule has 0 saturated heterocycles. The number of anilines is 1. The second-order valence-electron chi connectivity index (χ2n) is 5.46. The van der Waals surface area contributed by atoms with E-state index in [2.05, 4.69) is 18.8 Å². The molecule has 1 aliphatic rings. The average molecular weight is 234 g/mol. The van der Waals surface area contributed by atoms with Gasteiger partial charge in [-0.15, -0.1) is 0 Å². The van der Waals surface area contributed by atoms with Crippen molar-refractivity contribution in [2.45, 2.75) is 45.1 Å². The predicted molar refractivity (Wildman–Crippen MR) is 69.3 cm³/mol. The zero-order chi connectivity index (χ0) is 12.5. The van der Waals surface area contributed by atoms with E-state index >= 15 is 0 Å². The molecule has 3 nitrogen and oxygen atoms in total. The van der Waals surface area contributed by atoms with Crippen LogP contribution >= 0.6 is 0 Å². The van der Waals surface area contributed by atoms with Gasteiger partial charge in [0, 0.05) is 11.8 Å². The number of aromatic nitrogens is 1. The van der Waals surface area contributed by atoms with Crippen molar-refractivity contribution in [3.8, 4) is 0 Å². The number of nitrogens with zero attached hydrogens (tertiary/aromatic N) is 1. The van der Waals surface area contributed by atoms with Gasteiger partial charge in [-0.25, -0.2) is 4.98 Å². The molecule has 0 bridgehead atoms. The fourth-order valence-electron chi connectivity index (χ4n) is 3.19. The summed E-state index contributed by atoms with van der Waals surface area (Å²) in [4.78, 5) is 4.11. The fraction of sp³-hybridized carbons (Fsp3) is 0.643. The van der Waals surface area contributed by atoms with Gasteiger partial charge in [0.15, 0.2) is 0 Å². The number of nitrogen functional groups attached to an aromatic ring is 1. The Bertz CT molecular complexity index is 392. The van der Waals surface area contributed by atoms with Crippen molar-refractivity contribution in [2.24, 2.45) is 11.8 Å². The number of pyridine rings is 1. The molecule has 3 heteroatoms. The Hall–Kier alpha value is -1.09. The zero-order valence-corrected chi connectivity index (χ0v) is 10.7. The van der Waals surface area contributed by atoms with Gasteiger partial charge in [0.1, 0.15) is 5.82 Å². The lowest BCUT2D eigenvalue weighted by molar-refractivity contribution is -0.0717. The van der Waals surface area contributed by atoms with Crippen LogP contribution in [0.4, 0.5) is 5.82 Å². The lowest BCUT2D eigenvalue weighted by Crippen LogP contribution is -2.41. The maximum Gasteiger partial charge on any atom is 0.129 e. The largest absolute Gasteiger partial charge is 0.385 e. The molecule has 1 heterocycles. The van der Waals surface area contributed by atoms with E-state index in [0.717, 1.165) is 24.8 Å². The van der Waals surface area contributed by atoms with Gasteiger partial charge in [0.05, 0.1) is 5.60 Å². The molecule has 94 valence electrons. The second-order valence-corrected chi connectivity index (χ2v) is 5.46. The SMILES string of the molecule is CC(C)C1CCCCC1(O)c1cccnc1N. The molecule has 0 aliphatic heterocycles. The first-order valence-electron chi connectivity index (χ1n) is 6.49. The van der Waals surface area contributed by atoms with Gasteiger partial charge in [-0.3, -0.25) is 0 Å². The van der Waals surface area contributed by atoms with E-state index < -0.39 is 5.60 Å². The minimum absolute atomic E-state index is 0.280. The molecule has 1 aromatic heterocycles. The van der Waals surface area contributed by atoms with Crippen molar-refractivity contribution < 1.29 is 5.11 Å². The van der Waals surface area contributed by atoms with Gasteiger partial charge in [-0.1, -0.05) is 32.8 Å². The van der Waals surface area contributed by atoms with Crippen LogP contribution in [0, 0.1) is 11.8 Å². The summed E-state index contributed by atoms with van der Waals surface area (Å²) in [5, 5.41) is 11.0.